The van der Waals surface area contributed by atoms with E-state index in [-0.39, 0.29) is 6.04 Å². The van der Waals surface area contributed by atoms with Gasteiger partial charge in [-0.1, -0.05) is 18.2 Å². The summed E-state index contributed by atoms with van der Waals surface area (Å²) in [6, 6.07) is 8.08. The van der Waals surface area contributed by atoms with Gasteiger partial charge >= 0.3 is 0 Å². The molecule has 0 radical (unpaired) electrons. The van der Waals surface area contributed by atoms with Crippen LogP contribution >= 0.6 is 0 Å². The lowest BCUT2D eigenvalue weighted by molar-refractivity contribution is 0.100. The first kappa shape index (κ1) is 10.1. The normalized spacial score (nSPS) is 33.2. The zero-order chi connectivity index (χ0) is 11.0. The van der Waals surface area contributed by atoms with Gasteiger partial charge in [0.15, 0.2) is 0 Å². The van der Waals surface area contributed by atoms with Crippen LogP contribution in [0.4, 0.5) is 10.1 Å². The molecule has 2 nitrogen and oxygen atoms in total. The molecule has 86 valence electrons. The molecule has 2 aliphatic heterocycles. The topological polar surface area (TPSA) is 24.1 Å². The molecule has 2 aliphatic rings. The van der Waals surface area contributed by atoms with E-state index in [2.05, 4.69) is 16.7 Å². The van der Waals surface area contributed by atoms with Gasteiger partial charge in [0.1, 0.15) is 5.67 Å². The molecule has 0 saturated carbocycles. The third-order valence-electron chi connectivity index (χ3n) is 3.76. The number of para-hydroxylation sites is 1. The van der Waals surface area contributed by atoms with Gasteiger partial charge < -0.3 is 10.6 Å². The molecule has 1 fully saturated rings. The summed E-state index contributed by atoms with van der Waals surface area (Å²) in [6.07, 6.45) is 2.42. The van der Waals surface area contributed by atoms with Gasteiger partial charge in [-0.25, -0.2) is 4.39 Å². The van der Waals surface area contributed by atoms with Gasteiger partial charge in [-0.05, 0) is 37.4 Å². The monoisotopic (exact) mass is 220 g/mol. The molecule has 3 rings (SSSR count). The summed E-state index contributed by atoms with van der Waals surface area (Å²) in [4.78, 5) is 0. The van der Waals surface area contributed by atoms with Gasteiger partial charge in [-0.2, -0.15) is 0 Å². The molecule has 0 amide bonds. The van der Waals surface area contributed by atoms with Crippen LogP contribution in [-0.4, -0.2) is 24.8 Å². The lowest BCUT2D eigenvalue weighted by Crippen LogP contribution is -2.52. The average Bonchev–Trinajstić information content (AvgIpc) is 2.74. The Morgan fingerprint density at radius 3 is 2.94 bits per heavy atom. The molecule has 3 heteroatoms. The molecule has 2 atom stereocenters. The van der Waals surface area contributed by atoms with E-state index in [1.54, 1.807) is 0 Å². The van der Waals surface area contributed by atoms with Crippen molar-refractivity contribution in [2.45, 2.75) is 31.0 Å². The van der Waals surface area contributed by atoms with E-state index in [1.165, 1.54) is 5.56 Å². The number of hydrogen-bond acceptors (Lipinski definition) is 2. The second kappa shape index (κ2) is 3.74. The molecule has 0 aliphatic carbocycles. The van der Waals surface area contributed by atoms with Gasteiger partial charge in [0.05, 0.1) is 6.04 Å². The van der Waals surface area contributed by atoms with Crippen molar-refractivity contribution in [3.63, 3.8) is 0 Å². The van der Waals surface area contributed by atoms with E-state index < -0.39 is 5.67 Å². The molecule has 2 heterocycles. The number of alkyl halides is 1. The molecule has 2 unspecified atom stereocenters. The van der Waals surface area contributed by atoms with Gasteiger partial charge in [0.25, 0.3) is 0 Å². The Bertz CT molecular complexity index is 360. The molecule has 1 saturated heterocycles. The van der Waals surface area contributed by atoms with Gasteiger partial charge in [-0.15, -0.1) is 0 Å². The van der Waals surface area contributed by atoms with Crippen LogP contribution in [0.2, 0.25) is 0 Å². The van der Waals surface area contributed by atoms with Gasteiger partial charge in [0.2, 0.25) is 0 Å². The minimum Gasteiger partial charge on any atom is -0.378 e. The van der Waals surface area contributed by atoms with Crippen molar-refractivity contribution >= 4 is 5.69 Å². The quantitative estimate of drug-likeness (QED) is 0.757. The first-order valence-corrected chi connectivity index (χ1v) is 6.02. The predicted molar refractivity (Wildman–Crippen MR) is 63.5 cm³/mol. The molecule has 0 bridgehead atoms. The zero-order valence-electron chi connectivity index (χ0n) is 9.30. The molecule has 0 spiro atoms. The fourth-order valence-corrected chi connectivity index (χ4v) is 2.80. The molecule has 2 N–H and O–H groups in total. The van der Waals surface area contributed by atoms with Crippen LogP contribution in [0, 0.1) is 0 Å². The largest absolute Gasteiger partial charge is 0.378 e. The van der Waals surface area contributed by atoms with Crippen LogP contribution in [0.5, 0.6) is 0 Å². The van der Waals surface area contributed by atoms with Crippen LogP contribution < -0.4 is 10.6 Å². The smallest absolute Gasteiger partial charge is 0.143 e. The maximum Gasteiger partial charge on any atom is 0.143 e. The van der Waals surface area contributed by atoms with Crippen molar-refractivity contribution in [1.29, 1.82) is 0 Å². The van der Waals surface area contributed by atoms with E-state index in [1.807, 2.05) is 18.2 Å². The maximum atomic E-state index is 14.7. The number of anilines is 1. The molecule has 1 aromatic rings. The standard InChI is InChI=1S/C13H17FN2/c14-13(6-3-7-15-9-13)12-8-10-4-1-2-5-11(10)16-12/h1-2,4-5,12,15-16H,3,6-9H2. The van der Waals surface area contributed by atoms with Crippen LogP contribution in [0.3, 0.4) is 0 Å². The highest BCUT2D eigenvalue weighted by molar-refractivity contribution is 5.57. The van der Waals surface area contributed by atoms with Crippen molar-refractivity contribution in [2.75, 3.05) is 18.4 Å². The lowest BCUT2D eigenvalue weighted by Gasteiger charge is -2.35. The lowest BCUT2D eigenvalue weighted by atomic mass is 9.87. The fraction of sp³-hybridized carbons (Fsp3) is 0.538. The SMILES string of the molecule is FC1(C2Cc3ccccc3N2)CCCNC1. The zero-order valence-corrected chi connectivity index (χ0v) is 9.30. The molecular formula is C13H17FN2. The maximum absolute atomic E-state index is 14.7. The van der Waals surface area contributed by atoms with E-state index in [9.17, 15) is 4.39 Å². The highest BCUT2D eigenvalue weighted by Crippen LogP contribution is 2.35. The van der Waals surface area contributed by atoms with Crippen molar-refractivity contribution in [3.05, 3.63) is 29.8 Å². The Labute approximate surface area is 95.2 Å². The number of fused-ring (bicyclic) bond motifs is 1. The van der Waals surface area contributed by atoms with Crippen molar-refractivity contribution in [2.24, 2.45) is 0 Å². The summed E-state index contributed by atoms with van der Waals surface area (Å²) in [7, 11) is 0. The first-order valence-electron chi connectivity index (χ1n) is 6.02. The molecule has 0 aromatic heterocycles. The summed E-state index contributed by atoms with van der Waals surface area (Å²) in [5, 5.41) is 6.49. The molecular weight excluding hydrogens is 203 g/mol. The minimum absolute atomic E-state index is 0.0577. The third kappa shape index (κ3) is 1.59. The van der Waals surface area contributed by atoms with E-state index >= 15 is 0 Å². The number of piperidine rings is 1. The van der Waals surface area contributed by atoms with Crippen LogP contribution in [-0.2, 0) is 6.42 Å². The third-order valence-corrected chi connectivity index (χ3v) is 3.76. The molecule has 1 aromatic carbocycles. The second-order valence-electron chi connectivity index (χ2n) is 4.87. The highest BCUT2D eigenvalue weighted by Gasteiger charge is 2.42. The van der Waals surface area contributed by atoms with E-state index in [0.29, 0.717) is 13.0 Å². The average molecular weight is 220 g/mol. The summed E-state index contributed by atoms with van der Waals surface area (Å²) >= 11 is 0. The second-order valence-corrected chi connectivity index (χ2v) is 4.87. The minimum atomic E-state index is -1.09. The number of benzene rings is 1. The Hall–Kier alpha value is -1.09. The number of halogens is 1. The Kier molecular flexibility index (Phi) is 2.36. The Morgan fingerprint density at radius 2 is 2.19 bits per heavy atom. The van der Waals surface area contributed by atoms with E-state index in [4.69, 9.17) is 0 Å². The highest BCUT2D eigenvalue weighted by atomic mass is 19.1. The van der Waals surface area contributed by atoms with Crippen molar-refractivity contribution in [3.8, 4) is 0 Å². The van der Waals surface area contributed by atoms with Crippen molar-refractivity contribution < 1.29 is 4.39 Å². The van der Waals surface area contributed by atoms with Crippen LogP contribution in [0.25, 0.3) is 0 Å². The van der Waals surface area contributed by atoms with Crippen LogP contribution in [0.15, 0.2) is 24.3 Å². The van der Waals surface area contributed by atoms with Crippen molar-refractivity contribution in [1.82, 2.24) is 5.32 Å². The Morgan fingerprint density at radius 1 is 1.31 bits per heavy atom. The summed E-state index contributed by atoms with van der Waals surface area (Å²) in [5.74, 6) is 0. The van der Waals surface area contributed by atoms with Crippen LogP contribution in [0.1, 0.15) is 18.4 Å². The summed E-state index contributed by atoms with van der Waals surface area (Å²) in [5.41, 5.74) is 1.27. The van der Waals surface area contributed by atoms with Gasteiger partial charge in [-0.3, -0.25) is 0 Å². The summed E-state index contributed by atoms with van der Waals surface area (Å²) < 4.78 is 14.7. The number of nitrogens with one attached hydrogen (secondary N) is 2. The fourth-order valence-electron chi connectivity index (χ4n) is 2.80. The molecule has 16 heavy (non-hydrogen) atoms. The van der Waals surface area contributed by atoms with E-state index in [0.717, 1.165) is 25.1 Å². The summed E-state index contributed by atoms with van der Waals surface area (Å²) in [6.45, 7) is 1.43. The predicted octanol–water partition coefficient (Wildman–Crippen LogP) is 2.11. The number of rotatable bonds is 1. The van der Waals surface area contributed by atoms with Gasteiger partial charge in [0, 0.05) is 12.2 Å². The first-order chi connectivity index (χ1) is 7.78. The number of hydrogen-bond donors (Lipinski definition) is 2. The Balaban J connectivity index is 1.80.